The number of anilines is 1. The zero-order chi connectivity index (χ0) is 14.2. The average molecular weight is 351 g/mol. The van der Waals surface area contributed by atoms with E-state index in [0.29, 0.717) is 16.0 Å². The maximum absolute atomic E-state index is 12.7. The van der Waals surface area contributed by atoms with Gasteiger partial charge in [0.15, 0.2) is 0 Å². The van der Waals surface area contributed by atoms with Gasteiger partial charge in [-0.1, -0.05) is 0 Å². The summed E-state index contributed by atoms with van der Waals surface area (Å²) < 4.78 is 34.6. The van der Waals surface area contributed by atoms with E-state index in [1.165, 1.54) is 4.90 Å². The molecule has 1 aliphatic rings. The Hall–Kier alpha value is -1.02. The van der Waals surface area contributed by atoms with Gasteiger partial charge < -0.3 is 4.90 Å². The minimum atomic E-state index is -4.56. The molecule has 8 heteroatoms. The number of aromatic nitrogens is 1. The van der Waals surface area contributed by atoms with Crippen LogP contribution in [0, 0.1) is 12.8 Å². The first-order valence-electron chi connectivity index (χ1n) is 5.62. The monoisotopic (exact) mass is 350 g/mol. The Morgan fingerprint density at radius 3 is 2.79 bits per heavy atom. The lowest BCUT2D eigenvalue weighted by Crippen LogP contribution is -2.26. The van der Waals surface area contributed by atoms with Crippen LogP contribution < -0.4 is 4.90 Å². The van der Waals surface area contributed by atoms with Gasteiger partial charge in [0.1, 0.15) is 4.60 Å². The second-order valence-corrected chi connectivity index (χ2v) is 6.74. The SMILES string of the molecule is Cc1nc(Br)ccc1N1CC(CS(=O)(=O)F)CC1=O. The molecule has 1 aromatic heterocycles. The number of amides is 1. The Labute approximate surface area is 119 Å². The fourth-order valence-corrected chi connectivity index (χ4v) is 3.40. The minimum absolute atomic E-state index is 0.0403. The maximum atomic E-state index is 12.7. The van der Waals surface area contributed by atoms with Crippen LogP contribution in [0.2, 0.25) is 0 Å². The van der Waals surface area contributed by atoms with Crippen LogP contribution in [0.5, 0.6) is 0 Å². The Morgan fingerprint density at radius 2 is 2.21 bits per heavy atom. The molecule has 104 valence electrons. The predicted octanol–water partition coefficient (Wildman–Crippen LogP) is 1.80. The van der Waals surface area contributed by atoms with E-state index < -0.39 is 21.9 Å². The van der Waals surface area contributed by atoms with Crippen molar-refractivity contribution in [2.75, 3.05) is 17.2 Å². The van der Waals surface area contributed by atoms with E-state index in [1.54, 1.807) is 19.1 Å². The summed E-state index contributed by atoms with van der Waals surface area (Å²) in [6.07, 6.45) is 0.0403. The Balaban J connectivity index is 2.20. The fraction of sp³-hybridized carbons (Fsp3) is 0.455. The number of halogens is 2. The van der Waals surface area contributed by atoms with E-state index in [0.717, 1.165) is 0 Å². The topological polar surface area (TPSA) is 67.3 Å². The van der Waals surface area contributed by atoms with E-state index in [2.05, 4.69) is 20.9 Å². The summed E-state index contributed by atoms with van der Waals surface area (Å²) in [5, 5.41) is 0. The number of carbonyl (C=O) groups excluding carboxylic acids is 1. The van der Waals surface area contributed by atoms with Crippen molar-refractivity contribution in [2.24, 2.45) is 5.92 Å². The highest BCUT2D eigenvalue weighted by Crippen LogP contribution is 2.28. The summed E-state index contributed by atoms with van der Waals surface area (Å²) in [6.45, 7) is 1.96. The molecule has 2 rings (SSSR count). The smallest absolute Gasteiger partial charge is 0.302 e. The quantitative estimate of drug-likeness (QED) is 0.615. The number of nitrogens with zero attached hydrogens (tertiary/aromatic N) is 2. The Bertz CT molecular complexity index is 620. The van der Waals surface area contributed by atoms with Gasteiger partial charge in [0.25, 0.3) is 0 Å². The maximum Gasteiger partial charge on any atom is 0.302 e. The van der Waals surface area contributed by atoms with Crippen LogP contribution in [-0.2, 0) is 15.0 Å². The predicted molar refractivity (Wildman–Crippen MR) is 72.0 cm³/mol. The molecule has 19 heavy (non-hydrogen) atoms. The van der Waals surface area contributed by atoms with Gasteiger partial charge in [-0.2, -0.15) is 8.42 Å². The van der Waals surface area contributed by atoms with Gasteiger partial charge in [0, 0.05) is 18.9 Å². The summed E-state index contributed by atoms with van der Waals surface area (Å²) in [6, 6.07) is 3.44. The van der Waals surface area contributed by atoms with Gasteiger partial charge in [0.2, 0.25) is 5.91 Å². The van der Waals surface area contributed by atoms with Crippen molar-refractivity contribution in [2.45, 2.75) is 13.3 Å². The molecular weight excluding hydrogens is 339 g/mol. The van der Waals surface area contributed by atoms with Gasteiger partial charge in [-0.05, 0) is 35.0 Å². The summed E-state index contributed by atoms with van der Waals surface area (Å²) in [5.41, 5.74) is 1.29. The first-order valence-corrected chi connectivity index (χ1v) is 7.96. The fourth-order valence-electron chi connectivity index (χ4n) is 2.22. The second kappa shape index (κ2) is 5.16. The van der Waals surface area contributed by atoms with Gasteiger partial charge in [-0.3, -0.25) is 4.79 Å². The van der Waals surface area contributed by atoms with Gasteiger partial charge in [-0.15, -0.1) is 3.89 Å². The van der Waals surface area contributed by atoms with Crippen LogP contribution >= 0.6 is 15.9 Å². The zero-order valence-corrected chi connectivity index (χ0v) is 12.5. The first-order chi connectivity index (χ1) is 8.76. The molecule has 0 spiro atoms. The molecule has 0 radical (unpaired) electrons. The van der Waals surface area contributed by atoms with Gasteiger partial charge in [0.05, 0.1) is 17.1 Å². The molecule has 5 nitrogen and oxygen atoms in total. The highest BCUT2D eigenvalue weighted by molar-refractivity contribution is 9.10. The van der Waals surface area contributed by atoms with Crippen LogP contribution in [0.3, 0.4) is 0 Å². The van der Waals surface area contributed by atoms with Gasteiger partial charge in [-0.25, -0.2) is 4.98 Å². The first kappa shape index (κ1) is 14.4. The lowest BCUT2D eigenvalue weighted by Gasteiger charge is -2.18. The number of aryl methyl sites for hydroxylation is 1. The van der Waals surface area contributed by atoms with Crippen LogP contribution in [0.4, 0.5) is 9.57 Å². The third-order valence-corrected chi connectivity index (χ3v) is 4.27. The number of pyridine rings is 1. The molecule has 1 unspecified atom stereocenters. The van der Waals surface area contributed by atoms with E-state index in [4.69, 9.17) is 0 Å². The van der Waals surface area contributed by atoms with Crippen molar-refractivity contribution >= 4 is 37.7 Å². The molecule has 1 atom stereocenters. The number of carbonyl (C=O) groups is 1. The molecule has 0 N–H and O–H groups in total. The van der Waals surface area contributed by atoms with Crippen molar-refractivity contribution in [3.05, 3.63) is 22.4 Å². The lowest BCUT2D eigenvalue weighted by molar-refractivity contribution is -0.117. The van der Waals surface area contributed by atoms with E-state index in [-0.39, 0.29) is 18.9 Å². The summed E-state index contributed by atoms with van der Waals surface area (Å²) in [4.78, 5) is 17.5. The highest BCUT2D eigenvalue weighted by Gasteiger charge is 2.34. The molecular formula is C11H12BrFN2O3S. The number of hydrogen-bond donors (Lipinski definition) is 0. The zero-order valence-electron chi connectivity index (χ0n) is 10.1. The number of hydrogen-bond acceptors (Lipinski definition) is 4. The third kappa shape index (κ3) is 3.50. The number of rotatable bonds is 3. The molecule has 1 aliphatic heterocycles. The molecule has 1 amide bonds. The summed E-state index contributed by atoms with van der Waals surface area (Å²) in [5.74, 6) is -1.33. The summed E-state index contributed by atoms with van der Waals surface area (Å²) in [7, 11) is -4.56. The van der Waals surface area contributed by atoms with E-state index in [9.17, 15) is 17.1 Å². The van der Waals surface area contributed by atoms with E-state index in [1.807, 2.05) is 0 Å². The van der Waals surface area contributed by atoms with Crippen LogP contribution in [0.25, 0.3) is 0 Å². The molecule has 2 heterocycles. The molecule has 1 aromatic rings. The molecule has 0 aliphatic carbocycles. The molecule has 0 aromatic carbocycles. The average Bonchev–Trinajstić information content (AvgIpc) is 2.56. The van der Waals surface area contributed by atoms with E-state index >= 15 is 0 Å². The highest BCUT2D eigenvalue weighted by atomic mass is 79.9. The second-order valence-electron chi connectivity index (χ2n) is 4.52. The van der Waals surface area contributed by atoms with Crippen molar-refractivity contribution < 1.29 is 17.1 Å². The van der Waals surface area contributed by atoms with Crippen LogP contribution in [-0.4, -0.2) is 31.6 Å². The molecule has 0 bridgehead atoms. The van der Waals surface area contributed by atoms with Crippen LogP contribution in [0.1, 0.15) is 12.1 Å². The van der Waals surface area contributed by atoms with Crippen molar-refractivity contribution in [1.29, 1.82) is 0 Å². The summed E-state index contributed by atoms with van der Waals surface area (Å²) >= 11 is 3.23. The molecule has 1 saturated heterocycles. The normalized spacial score (nSPS) is 20.1. The Kier molecular flexibility index (Phi) is 3.91. The third-order valence-electron chi connectivity index (χ3n) is 2.95. The van der Waals surface area contributed by atoms with Crippen molar-refractivity contribution in [3.63, 3.8) is 0 Å². The molecule has 1 fully saturated rings. The minimum Gasteiger partial charge on any atom is -0.310 e. The lowest BCUT2D eigenvalue weighted by atomic mass is 10.1. The Morgan fingerprint density at radius 1 is 1.53 bits per heavy atom. The standard InChI is InChI=1S/C11H12BrFN2O3S/c1-7-9(2-3-10(12)14-7)15-5-8(4-11(15)16)6-19(13,17)18/h2-3,8H,4-6H2,1H3. The van der Waals surface area contributed by atoms with Gasteiger partial charge >= 0.3 is 10.2 Å². The van der Waals surface area contributed by atoms with Crippen LogP contribution in [0.15, 0.2) is 16.7 Å². The van der Waals surface area contributed by atoms with Crippen molar-refractivity contribution in [3.8, 4) is 0 Å². The van der Waals surface area contributed by atoms with Crippen molar-refractivity contribution in [1.82, 2.24) is 4.98 Å². The molecule has 0 saturated carbocycles. The largest absolute Gasteiger partial charge is 0.310 e.